The van der Waals surface area contributed by atoms with Crippen LogP contribution in [0.2, 0.25) is 0 Å². The molecule has 0 fully saturated rings. The summed E-state index contributed by atoms with van der Waals surface area (Å²) in [4.78, 5) is 16.2. The van der Waals surface area contributed by atoms with E-state index in [0.717, 1.165) is 0 Å². The normalized spacial score (nSPS) is 12.4. The summed E-state index contributed by atoms with van der Waals surface area (Å²) in [5.41, 5.74) is 6.15. The molecule has 0 bridgehead atoms. The van der Waals surface area contributed by atoms with Crippen molar-refractivity contribution < 1.29 is 9.00 Å². The van der Waals surface area contributed by atoms with Crippen molar-refractivity contribution in [2.24, 2.45) is 0 Å². The molecule has 1 rings (SSSR count). The molecular formula is C9H15N3O2S2. The molecule has 1 amide bonds. The Hall–Kier alpha value is -0.950. The molecule has 0 aliphatic heterocycles. The minimum absolute atomic E-state index is 0.159. The molecule has 0 saturated carbocycles. The summed E-state index contributed by atoms with van der Waals surface area (Å²) < 4.78 is 10.8. The Morgan fingerprint density at radius 3 is 2.81 bits per heavy atom. The molecule has 7 heteroatoms. The van der Waals surface area contributed by atoms with Crippen molar-refractivity contribution in [3.05, 3.63) is 10.6 Å². The molecule has 0 aliphatic carbocycles. The molecule has 3 N–H and O–H groups in total. The van der Waals surface area contributed by atoms with Gasteiger partial charge in [0.15, 0.2) is 5.13 Å². The third-order valence-electron chi connectivity index (χ3n) is 1.91. The van der Waals surface area contributed by atoms with Crippen LogP contribution in [-0.4, -0.2) is 33.7 Å². The molecule has 1 atom stereocenters. The maximum absolute atomic E-state index is 11.7. The smallest absolute Gasteiger partial charge is 0.263 e. The van der Waals surface area contributed by atoms with E-state index in [1.54, 1.807) is 13.2 Å². The van der Waals surface area contributed by atoms with Crippen molar-refractivity contribution in [3.63, 3.8) is 0 Å². The number of hydrogen-bond acceptors (Lipinski definition) is 5. The quantitative estimate of drug-likeness (QED) is 0.757. The first-order chi connectivity index (χ1) is 7.50. The fraction of sp³-hybridized carbons (Fsp3) is 0.556. The van der Waals surface area contributed by atoms with Crippen molar-refractivity contribution in [2.75, 3.05) is 24.3 Å². The number of aryl methyl sites for hydroxylation is 1. The van der Waals surface area contributed by atoms with Crippen LogP contribution >= 0.6 is 11.3 Å². The first-order valence-corrected chi connectivity index (χ1v) is 7.36. The maximum atomic E-state index is 11.7. The number of amides is 1. The molecule has 1 aromatic heterocycles. The van der Waals surface area contributed by atoms with E-state index in [2.05, 4.69) is 10.3 Å². The summed E-state index contributed by atoms with van der Waals surface area (Å²) in [7, 11) is -0.806. The van der Waals surface area contributed by atoms with Gasteiger partial charge in [-0.25, -0.2) is 4.98 Å². The molecular weight excluding hydrogens is 246 g/mol. The highest BCUT2D eigenvalue weighted by Gasteiger charge is 2.13. The van der Waals surface area contributed by atoms with Crippen molar-refractivity contribution in [1.29, 1.82) is 0 Å². The number of nitrogens with two attached hydrogens (primary N) is 1. The first-order valence-electron chi connectivity index (χ1n) is 4.82. The molecule has 1 aromatic rings. The van der Waals surface area contributed by atoms with Gasteiger partial charge >= 0.3 is 0 Å². The van der Waals surface area contributed by atoms with Gasteiger partial charge in [-0.3, -0.25) is 9.00 Å². The van der Waals surface area contributed by atoms with Crippen LogP contribution in [-0.2, 0) is 10.8 Å². The molecule has 1 unspecified atom stereocenters. The minimum atomic E-state index is -0.806. The predicted molar refractivity (Wildman–Crippen MR) is 67.1 cm³/mol. The Balaban J connectivity index is 2.41. The number of nitrogens with zero attached hydrogens (tertiary/aromatic N) is 1. The topological polar surface area (TPSA) is 85.1 Å². The van der Waals surface area contributed by atoms with Crippen molar-refractivity contribution in [1.82, 2.24) is 10.3 Å². The summed E-state index contributed by atoms with van der Waals surface area (Å²) in [6.45, 7) is 2.28. The molecule has 90 valence electrons. The summed E-state index contributed by atoms with van der Waals surface area (Å²) >= 11 is 1.18. The SMILES string of the molecule is Cc1nc(N)sc1C(=O)NCCCS(C)=O. The zero-order valence-electron chi connectivity index (χ0n) is 9.28. The predicted octanol–water partition coefficient (Wildman–Crippen LogP) is 0.532. The van der Waals surface area contributed by atoms with Crippen molar-refractivity contribution in [2.45, 2.75) is 13.3 Å². The van der Waals surface area contributed by atoms with E-state index < -0.39 is 10.8 Å². The van der Waals surface area contributed by atoms with E-state index in [1.807, 2.05) is 0 Å². The second-order valence-corrected chi connectivity index (χ2v) is 5.94. The minimum Gasteiger partial charge on any atom is -0.375 e. The number of hydrogen-bond donors (Lipinski definition) is 2. The zero-order valence-corrected chi connectivity index (χ0v) is 10.9. The number of carbonyl (C=O) groups is 1. The van der Waals surface area contributed by atoms with Crippen LogP contribution in [0.15, 0.2) is 0 Å². The van der Waals surface area contributed by atoms with E-state index in [-0.39, 0.29) is 5.91 Å². The lowest BCUT2D eigenvalue weighted by Gasteiger charge is -2.02. The number of nitrogen functional groups attached to an aromatic ring is 1. The third-order valence-corrected chi connectivity index (χ3v) is 3.76. The van der Waals surface area contributed by atoms with Crippen LogP contribution in [0.1, 0.15) is 21.8 Å². The van der Waals surface area contributed by atoms with E-state index >= 15 is 0 Å². The Kier molecular flexibility index (Phi) is 4.88. The Morgan fingerprint density at radius 1 is 1.62 bits per heavy atom. The van der Waals surface area contributed by atoms with E-state index in [4.69, 9.17) is 5.73 Å². The van der Waals surface area contributed by atoms with Crippen LogP contribution in [0.5, 0.6) is 0 Å². The van der Waals surface area contributed by atoms with Gasteiger partial charge in [0.25, 0.3) is 5.91 Å². The highest BCUT2D eigenvalue weighted by molar-refractivity contribution is 7.84. The third kappa shape index (κ3) is 3.90. The highest BCUT2D eigenvalue weighted by Crippen LogP contribution is 2.19. The molecule has 0 radical (unpaired) electrons. The average Bonchev–Trinajstić information content (AvgIpc) is 2.52. The van der Waals surface area contributed by atoms with Gasteiger partial charge in [0.2, 0.25) is 0 Å². The second-order valence-electron chi connectivity index (χ2n) is 3.35. The number of rotatable bonds is 5. The summed E-state index contributed by atoms with van der Waals surface area (Å²) in [5.74, 6) is 0.443. The van der Waals surface area contributed by atoms with Crippen LogP contribution < -0.4 is 11.1 Å². The van der Waals surface area contributed by atoms with Gasteiger partial charge in [-0.15, -0.1) is 0 Å². The van der Waals surface area contributed by atoms with E-state index in [0.29, 0.717) is 34.4 Å². The molecule has 16 heavy (non-hydrogen) atoms. The maximum Gasteiger partial charge on any atom is 0.263 e. The largest absolute Gasteiger partial charge is 0.375 e. The van der Waals surface area contributed by atoms with Crippen LogP contribution in [0.4, 0.5) is 5.13 Å². The zero-order chi connectivity index (χ0) is 12.1. The Bertz CT molecular complexity index is 403. The molecule has 0 saturated heterocycles. The number of aromatic nitrogens is 1. The summed E-state index contributed by atoms with van der Waals surface area (Å²) in [6, 6.07) is 0. The van der Waals surface area contributed by atoms with Crippen molar-refractivity contribution >= 4 is 33.2 Å². The lowest BCUT2D eigenvalue weighted by atomic mass is 10.3. The monoisotopic (exact) mass is 261 g/mol. The van der Waals surface area contributed by atoms with Crippen LogP contribution in [0, 0.1) is 6.92 Å². The Morgan fingerprint density at radius 2 is 2.31 bits per heavy atom. The number of nitrogens with one attached hydrogen (secondary N) is 1. The lowest BCUT2D eigenvalue weighted by molar-refractivity contribution is 0.0957. The summed E-state index contributed by atoms with van der Waals surface area (Å²) in [5, 5.41) is 3.15. The molecule has 5 nitrogen and oxygen atoms in total. The van der Waals surface area contributed by atoms with Gasteiger partial charge < -0.3 is 11.1 Å². The number of carbonyl (C=O) groups excluding carboxylic acids is 1. The highest BCUT2D eigenvalue weighted by atomic mass is 32.2. The number of thiazole rings is 1. The molecule has 1 heterocycles. The van der Waals surface area contributed by atoms with E-state index in [9.17, 15) is 9.00 Å². The van der Waals surface area contributed by atoms with Gasteiger partial charge in [0, 0.05) is 29.4 Å². The average molecular weight is 261 g/mol. The Labute approximate surface area is 101 Å². The standard InChI is InChI=1S/C9H15N3O2S2/c1-6-7(15-9(10)12-6)8(13)11-4-3-5-16(2)14/h3-5H2,1-2H3,(H2,10,12)(H,11,13). The summed E-state index contributed by atoms with van der Waals surface area (Å²) in [6.07, 6.45) is 2.36. The van der Waals surface area contributed by atoms with Crippen LogP contribution in [0.3, 0.4) is 0 Å². The molecule has 0 aromatic carbocycles. The van der Waals surface area contributed by atoms with Crippen LogP contribution in [0.25, 0.3) is 0 Å². The fourth-order valence-electron chi connectivity index (χ4n) is 1.19. The first kappa shape index (κ1) is 13.1. The number of anilines is 1. The second kappa shape index (κ2) is 5.95. The van der Waals surface area contributed by atoms with Gasteiger partial charge in [0.1, 0.15) is 4.88 Å². The molecule has 0 aliphatic rings. The van der Waals surface area contributed by atoms with E-state index in [1.165, 1.54) is 11.3 Å². The lowest BCUT2D eigenvalue weighted by Crippen LogP contribution is -2.25. The fourth-order valence-corrected chi connectivity index (χ4v) is 2.49. The van der Waals surface area contributed by atoms with Gasteiger partial charge in [-0.05, 0) is 13.3 Å². The van der Waals surface area contributed by atoms with Crippen molar-refractivity contribution in [3.8, 4) is 0 Å². The molecule has 0 spiro atoms. The van der Waals surface area contributed by atoms with Gasteiger partial charge in [-0.2, -0.15) is 0 Å². The van der Waals surface area contributed by atoms with Gasteiger partial charge in [-0.1, -0.05) is 11.3 Å². The van der Waals surface area contributed by atoms with Gasteiger partial charge in [0.05, 0.1) is 5.69 Å².